The van der Waals surface area contributed by atoms with E-state index in [0.29, 0.717) is 17.3 Å². The van der Waals surface area contributed by atoms with E-state index in [1.807, 2.05) is 30.3 Å². The average Bonchev–Trinajstić information content (AvgIpc) is 2.65. The Morgan fingerprint density at radius 1 is 1.24 bits per heavy atom. The molecule has 0 spiro atoms. The van der Waals surface area contributed by atoms with Gasteiger partial charge in [-0.05, 0) is 44.0 Å². The molecule has 6 nitrogen and oxygen atoms in total. The fourth-order valence-electron chi connectivity index (χ4n) is 3.12. The Bertz CT molecular complexity index is 742. The van der Waals surface area contributed by atoms with Gasteiger partial charge in [-0.2, -0.15) is 9.78 Å². The molecule has 2 N–H and O–H groups in total. The van der Waals surface area contributed by atoms with E-state index in [2.05, 4.69) is 15.3 Å². The summed E-state index contributed by atoms with van der Waals surface area (Å²) in [6.07, 6.45) is 3.75. The fraction of sp³-hybridized carbons (Fsp3) is 0.444. The van der Waals surface area contributed by atoms with Crippen LogP contribution in [0.1, 0.15) is 12.8 Å². The first-order valence-electron chi connectivity index (χ1n) is 8.59. The monoisotopic (exact) mass is 362 g/mol. The van der Waals surface area contributed by atoms with Gasteiger partial charge in [-0.25, -0.2) is 0 Å². The summed E-state index contributed by atoms with van der Waals surface area (Å²) in [5.74, 6) is 0.530. The molecule has 1 aliphatic rings. The number of aliphatic hydroxyl groups is 1. The minimum atomic E-state index is -0.323. The van der Waals surface area contributed by atoms with E-state index >= 15 is 0 Å². The van der Waals surface area contributed by atoms with Gasteiger partial charge in [0.05, 0.1) is 24.2 Å². The molecule has 3 rings (SSSR count). The van der Waals surface area contributed by atoms with Crippen LogP contribution in [0.2, 0.25) is 5.02 Å². The number of benzene rings is 1. The van der Waals surface area contributed by atoms with Crippen LogP contribution in [0.15, 0.2) is 41.3 Å². The molecule has 0 unspecified atom stereocenters. The van der Waals surface area contributed by atoms with Crippen LogP contribution < -0.4 is 10.9 Å². The van der Waals surface area contributed by atoms with Crippen molar-refractivity contribution in [3.63, 3.8) is 0 Å². The Hall–Kier alpha value is -1.89. The van der Waals surface area contributed by atoms with E-state index in [-0.39, 0.29) is 17.2 Å². The lowest BCUT2D eigenvalue weighted by Crippen LogP contribution is -2.37. The van der Waals surface area contributed by atoms with Crippen molar-refractivity contribution >= 4 is 17.3 Å². The van der Waals surface area contributed by atoms with Gasteiger partial charge in [-0.15, -0.1) is 0 Å². The normalized spacial score (nSPS) is 16.1. The van der Waals surface area contributed by atoms with Gasteiger partial charge in [0.15, 0.2) is 0 Å². The van der Waals surface area contributed by atoms with Crippen LogP contribution in [0.4, 0.5) is 5.69 Å². The van der Waals surface area contributed by atoms with E-state index < -0.39 is 0 Å². The number of nitrogens with one attached hydrogen (secondary N) is 1. The Balaban J connectivity index is 1.63. The van der Waals surface area contributed by atoms with Crippen LogP contribution >= 0.6 is 11.6 Å². The third-order valence-electron chi connectivity index (χ3n) is 4.62. The molecule has 0 atom stereocenters. The molecular formula is C18H23ClN4O2. The van der Waals surface area contributed by atoms with Gasteiger partial charge < -0.3 is 15.3 Å². The average molecular weight is 363 g/mol. The highest BCUT2D eigenvalue weighted by atomic mass is 35.5. The third kappa shape index (κ3) is 4.39. The molecule has 1 aromatic carbocycles. The van der Waals surface area contributed by atoms with Crippen LogP contribution in [0.5, 0.6) is 0 Å². The first-order chi connectivity index (χ1) is 12.2. The summed E-state index contributed by atoms with van der Waals surface area (Å²) in [4.78, 5) is 14.7. The van der Waals surface area contributed by atoms with Gasteiger partial charge in [0.2, 0.25) is 0 Å². The number of hydrogen-bond acceptors (Lipinski definition) is 5. The molecule has 2 aromatic rings. The molecule has 0 saturated carbocycles. The number of β-amino-alcohol motifs (C(OH)–C–C–N with tert-alkyl or cyclic N) is 1. The first kappa shape index (κ1) is 17.9. The summed E-state index contributed by atoms with van der Waals surface area (Å²) in [5, 5.41) is 16.7. The first-order valence-corrected chi connectivity index (χ1v) is 8.97. The Morgan fingerprint density at radius 2 is 1.96 bits per heavy atom. The van der Waals surface area contributed by atoms with Gasteiger partial charge in [0.1, 0.15) is 5.02 Å². The van der Waals surface area contributed by atoms with Crippen molar-refractivity contribution in [2.75, 3.05) is 38.1 Å². The molecule has 0 aliphatic carbocycles. The minimum Gasteiger partial charge on any atom is -0.395 e. The molecule has 134 valence electrons. The van der Waals surface area contributed by atoms with Gasteiger partial charge in [0, 0.05) is 13.1 Å². The predicted octanol–water partition coefficient (Wildman–Crippen LogP) is 2.00. The SMILES string of the molecule is O=c1c(Cl)c(NCC2CCN(CCO)CC2)cnn1-c1ccccc1. The van der Waals surface area contributed by atoms with Crippen LogP contribution in [0.3, 0.4) is 0 Å². The molecule has 0 bridgehead atoms. The smallest absolute Gasteiger partial charge is 0.292 e. The number of aliphatic hydroxyl groups excluding tert-OH is 1. The second kappa shape index (κ2) is 8.47. The number of piperidine rings is 1. The maximum absolute atomic E-state index is 12.5. The highest BCUT2D eigenvalue weighted by Gasteiger charge is 2.19. The number of halogens is 1. The number of aromatic nitrogens is 2. The van der Waals surface area contributed by atoms with Crippen LogP contribution in [-0.2, 0) is 0 Å². The summed E-state index contributed by atoms with van der Waals surface area (Å²) in [6.45, 7) is 3.71. The van der Waals surface area contributed by atoms with Crippen molar-refractivity contribution < 1.29 is 5.11 Å². The van der Waals surface area contributed by atoms with E-state index in [1.54, 1.807) is 6.20 Å². The second-order valence-corrected chi connectivity index (χ2v) is 6.69. The van der Waals surface area contributed by atoms with E-state index in [1.165, 1.54) is 4.68 Å². The maximum atomic E-state index is 12.5. The largest absolute Gasteiger partial charge is 0.395 e. The molecule has 1 aromatic heterocycles. The molecule has 7 heteroatoms. The lowest BCUT2D eigenvalue weighted by atomic mass is 9.97. The quantitative estimate of drug-likeness (QED) is 0.822. The molecule has 2 heterocycles. The van der Waals surface area contributed by atoms with Crippen molar-refractivity contribution in [1.82, 2.24) is 14.7 Å². The van der Waals surface area contributed by atoms with Crippen molar-refractivity contribution in [2.45, 2.75) is 12.8 Å². The Labute approximate surface area is 152 Å². The molecule has 1 fully saturated rings. The van der Waals surface area contributed by atoms with E-state index in [4.69, 9.17) is 16.7 Å². The highest BCUT2D eigenvalue weighted by Crippen LogP contribution is 2.21. The topological polar surface area (TPSA) is 70.4 Å². The summed E-state index contributed by atoms with van der Waals surface area (Å²) in [5.41, 5.74) is 0.949. The summed E-state index contributed by atoms with van der Waals surface area (Å²) in [7, 11) is 0. The third-order valence-corrected chi connectivity index (χ3v) is 4.99. The molecular weight excluding hydrogens is 340 g/mol. The predicted molar refractivity (Wildman–Crippen MR) is 99.6 cm³/mol. The zero-order valence-corrected chi connectivity index (χ0v) is 14.8. The number of anilines is 1. The Morgan fingerprint density at radius 3 is 2.64 bits per heavy atom. The maximum Gasteiger partial charge on any atom is 0.292 e. The summed E-state index contributed by atoms with van der Waals surface area (Å²) < 4.78 is 1.31. The molecule has 1 saturated heterocycles. The molecule has 25 heavy (non-hydrogen) atoms. The second-order valence-electron chi connectivity index (χ2n) is 6.31. The van der Waals surface area contributed by atoms with Gasteiger partial charge in [-0.1, -0.05) is 29.8 Å². The van der Waals surface area contributed by atoms with Crippen molar-refractivity contribution in [2.24, 2.45) is 5.92 Å². The number of nitrogens with zero attached hydrogens (tertiary/aromatic N) is 3. The fourth-order valence-corrected chi connectivity index (χ4v) is 3.31. The van der Waals surface area contributed by atoms with Gasteiger partial charge >= 0.3 is 0 Å². The van der Waals surface area contributed by atoms with Crippen LogP contribution in [0.25, 0.3) is 5.69 Å². The Kier molecular flexibility index (Phi) is 6.07. The standard InChI is InChI=1S/C18H23ClN4O2/c19-17-16(20-12-14-6-8-22(9-7-14)10-11-24)13-21-23(18(17)25)15-4-2-1-3-5-15/h1-5,13-14,20,24H,6-12H2. The van der Waals surface area contributed by atoms with Gasteiger partial charge in [0.25, 0.3) is 5.56 Å². The zero-order valence-electron chi connectivity index (χ0n) is 14.1. The van der Waals surface area contributed by atoms with E-state index in [9.17, 15) is 4.79 Å². The number of para-hydroxylation sites is 1. The number of likely N-dealkylation sites (tertiary alicyclic amines) is 1. The number of hydrogen-bond donors (Lipinski definition) is 2. The van der Waals surface area contributed by atoms with Crippen molar-refractivity contribution in [3.8, 4) is 5.69 Å². The lowest BCUT2D eigenvalue weighted by molar-refractivity contribution is 0.151. The van der Waals surface area contributed by atoms with Gasteiger partial charge in [-0.3, -0.25) is 4.79 Å². The van der Waals surface area contributed by atoms with Crippen LogP contribution in [0, 0.1) is 5.92 Å². The lowest BCUT2D eigenvalue weighted by Gasteiger charge is -2.31. The molecule has 1 aliphatic heterocycles. The minimum absolute atomic E-state index is 0.163. The molecule has 0 amide bonds. The summed E-state index contributed by atoms with van der Waals surface area (Å²) in [6, 6.07) is 9.23. The highest BCUT2D eigenvalue weighted by molar-refractivity contribution is 6.32. The van der Waals surface area contributed by atoms with Crippen molar-refractivity contribution in [1.29, 1.82) is 0 Å². The van der Waals surface area contributed by atoms with E-state index in [0.717, 1.165) is 39.0 Å². The van der Waals surface area contributed by atoms with Crippen molar-refractivity contribution in [3.05, 3.63) is 51.9 Å². The molecule has 0 radical (unpaired) electrons. The zero-order chi connectivity index (χ0) is 17.6. The summed E-state index contributed by atoms with van der Waals surface area (Å²) >= 11 is 6.26. The number of rotatable bonds is 6. The van der Waals surface area contributed by atoms with Crippen LogP contribution in [-0.4, -0.2) is 52.6 Å².